The largest absolute Gasteiger partial charge is 0.477 e. The number of hydrogen-bond donors (Lipinski definition) is 1. The molecule has 0 aromatic rings. The van der Waals surface area contributed by atoms with Gasteiger partial charge in [-0.15, -0.1) is 5.10 Å². The van der Waals surface area contributed by atoms with Gasteiger partial charge in [0.1, 0.15) is 12.2 Å². The molecule has 2 amide bonds. The Morgan fingerprint density at radius 2 is 2.21 bits per heavy atom. The Morgan fingerprint density at radius 3 is 2.84 bits per heavy atom. The Morgan fingerprint density at radius 1 is 1.53 bits per heavy atom. The molecular weight excluding hydrogens is 250 g/mol. The molecule has 2 aliphatic rings. The number of hydrazone groups is 1. The topological polar surface area (TPSA) is 80.2 Å². The van der Waals surface area contributed by atoms with E-state index in [4.69, 9.17) is 9.47 Å². The molecule has 0 aliphatic carbocycles. The Hall–Kier alpha value is -1.79. The number of carbonyl (C=O) groups is 2. The van der Waals surface area contributed by atoms with Crippen LogP contribution in [0.15, 0.2) is 5.10 Å². The van der Waals surface area contributed by atoms with Crippen LogP contribution in [0.1, 0.15) is 27.2 Å². The molecule has 2 aliphatic heterocycles. The minimum absolute atomic E-state index is 0.0877. The third-order valence-corrected chi connectivity index (χ3v) is 2.92. The zero-order valence-corrected chi connectivity index (χ0v) is 11.6. The van der Waals surface area contributed by atoms with Gasteiger partial charge in [0.2, 0.25) is 11.8 Å². The predicted molar refractivity (Wildman–Crippen MR) is 67.4 cm³/mol. The fraction of sp³-hybridized carbons (Fsp3) is 0.750. The van der Waals surface area contributed by atoms with Crippen LogP contribution in [0.3, 0.4) is 0 Å². The molecule has 0 aromatic heterocycles. The quantitative estimate of drug-likeness (QED) is 0.760. The lowest BCUT2D eigenvalue weighted by Gasteiger charge is -2.25. The van der Waals surface area contributed by atoms with Crippen LogP contribution in [0.4, 0.5) is 4.79 Å². The van der Waals surface area contributed by atoms with Crippen LogP contribution in [0, 0.1) is 5.92 Å². The number of nitrogens with zero attached hydrogens (tertiary/aromatic N) is 2. The van der Waals surface area contributed by atoms with Gasteiger partial charge in [0.25, 0.3) is 0 Å². The SMILES string of the molecule is CN1N=C2OC[C@@H](NC(=O)OC(C)(C)C)[C@@H]2CC1=O. The smallest absolute Gasteiger partial charge is 0.408 e. The maximum Gasteiger partial charge on any atom is 0.408 e. The van der Waals surface area contributed by atoms with Gasteiger partial charge in [-0.2, -0.15) is 0 Å². The van der Waals surface area contributed by atoms with Gasteiger partial charge >= 0.3 is 6.09 Å². The van der Waals surface area contributed by atoms with Crippen LogP contribution in [-0.2, 0) is 14.3 Å². The highest BCUT2D eigenvalue weighted by Crippen LogP contribution is 2.25. The molecule has 0 unspecified atom stereocenters. The predicted octanol–water partition coefficient (Wildman–Crippen LogP) is 0.702. The van der Waals surface area contributed by atoms with Crippen molar-refractivity contribution in [3.63, 3.8) is 0 Å². The van der Waals surface area contributed by atoms with E-state index in [1.54, 1.807) is 27.8 Å². The number of rotatable bonds is 1. The van der Waals surface area contributed by atoms with Gasteiger partial charge in [-0.25, -0.2) is 9.80 Å². The van der Waals surface area contributed by atoms with Gasteiger partial charge in [0.05, 0.1) is 12.0 Å². The highest BCUT2D eigenvalue weighted by atomic mass is 16.6. The maximum atomic E-state index is 11.7. The summed E-state index contributed by atoms with van der Waals surface area (Å²) in [6.45, 7) is 5.70. The van der Waals surface area contributed by atoms with Crippen molar-refractivity contribution in [1.82, 2.24) is 10.3 Å². The first-order valence-corrected chi connectivity index (χ1v) is 6.23. The van der Waals surface area contributed by atoms with Crippen molar-refractivity contribution in [3.8, 4) is 0 Å². The van der Waals surface area contributed by atoms with Gasteiger partial charge in [-0.3, -0.25) is 4.79 Å². The summed E-state index contributed by atoms with van der Waals surface area (Å²) in [4.78, 5) is 23.3. The Labute approximate surface area is 111 Å². The van der Waals surface area contributed by atoms with Gasteiger partial charge in [0, 0.05) is 13.5 Å². The number of ether oxygens (including phenoxy) is 2. The average Bonchev–Trinajstić information content (AvgIpc) is 2.59. The summed E-state index contributed by atoms with van der Waals surface area (Å²) in [5.74, 6) is 0.217. The van der Waals surface area contributed by atoms with Crippen LogP contribution in [0.25, 0.3) is 0 Å². The van der Waals surface area contributed by atoms with E-state index in [1.165, 1.54) is 5.01 Å². The van der Waals surface area contributed by atoms with Crippen molar-refractivity contribution in [2.24, 2.45) is 11.0 Å². The van der Waals surface area contributed by atoms with E-state index in [1.807, 2.05) is 0 Å². The Bertz CT molecular complexity index is 427. The van der Waals surface area contributed by atoms with Crippen molar-refractivity contribution < 1.29 is 19.1 Å². The fourth-order valence-corrected chi connectivity index (χ4v) is 2.03. The summed E-state index contributed by atoms with van der Waals surface area (Å²) in [6, 6.07) is -0.272. The molecule has 106 valence electrons. The zero-order valence-electron chi connectivity index (χ0n) is 11.6. The molecule has 2 rings (SSSR count). The summed E-state index contributed by atoms with van der Waals surface area (Å²) in [7, 11) is 1.59. The minimum Gasteiger partial charge on any atom is -0.477 e. The number of nitrogens with one attached hydrogen (secondary N) is 1. The van der Waals surface area contributed by atoms with Crippen molar-refractivity contribution >= 4 is 17.9 Å². The molecule has 0 radical (unpaired) electrons. The molecule has 2 atom stereocenters. The summed E-state index contributed by atoms with van der Waals surface area (Å²) in [5, 5.41) is 8.04. The van der Waals surface area contributed by atoms with Crippen molar-refractivity contribution in [1.29, 1.82) is 0 Å². The lowest BCUT2D eigenvalue weighted by Crippen LogP contribution is -2.45. The third kappa shape index (κ3) is 3.15. The first kappa shape index (κ1) is 13.6. The van der Waals surface area contributed by atoms with Crippen LogP contribution in [-0.4, -0.2) is 48.2 Å². The molecule has 0 spiro atoms. The number of amides is 2. The Balaban J connectivity index is 1.98. The van der Waals surface area contributed by atoms with Crippen LogP contribution in [0.5, 0.6) is 0 Å². The molecule has 19 heavy (non-hydrogen) atoms. The van der Waals surface area contributed by atoms with E-state index in [0.717, 1.165) is 0 Å². The van der Waals surface area contributed by atoms with Crippen molar-refractivity contribution in [2.45, 2.75) is 38.8 Å². The van der Waals surface area contributed by atoms with Crippen molar-refractivity contribution in [3.05, 3.63) is 0 Å². The number of alkyl carbamates (subject to hydrolysis) is 1. The van der Waals surface area contributed by atoms with Gasteiger partial charge in [-0.1, -0.05) is 0 Å². The van der Waals surface area contributed by atoms with E-state index >= 15 is 0 Å². The van der Waals surface area contributed by atoms with E-state index < -0.39 is 11.7 Å². The fourth-order valence-electron chi connectivity index (χ4n) is 2.03. The van der Waals surface area contributed by atoms with Gasteiger partial charge < -0.3 is 14.8 Å². The lowest BCUT2D eigenvalue weighted by molar-refractivity contribution is -0.131. The molecule has 1 N–H and O–H groups in total. The van der Waals surface area contributed by atoms with Crippen molar-refractivity contribution in [2.75, 3.05) is 13.7 Å². The second-order valence-corrected chi connectivity index (χ2v) is 5.73. The minimum atomic E-state index is -0.553. The number of fused-ring (bicyclic) bond motifs is 1. The molecule has 7 heteroatoms. The van der Waals surface area contributed by atoms with Gasteiger partial charge in [-0.05, 0) is 20.8 Å². The van der Waals surface area contributed by atoms with E-state index in [-0.39, 0.29) is 24.3 Å². The average molecular weight is 269 g/mol. The van der Waals surface area contributed by atoms with Gasteiger partial charge in [0.15, 0.2) is 0 Å². The van der Waals surface area contributed by atoms with E-state index in [9.17, 15) is 9.59 Å². The summed E-state index contributed by atoms with van der Waals surface area (Å²) < 4.78 is 10.6. The second-order valence-electron chi connectivity index (χ2n) is 5.73. The third-order valence-electron chi connectivity index (χ3n) is 2.92. The maximum absolute atomic E-state index is 11.7. The first-order valence-electron chi connectivity index (χ1n) is 6.23. The van der Waals surface area contributed by atoms with E-state index in [2.05, 4.69) is 10.4 Å². The standard InChI is InChI=1S/C12H19N3O4/c1-12(2,3)19-11(17)13-8-6-18-10-7(8)5-9(16)15(4)14-10/h7-8H,5-6H2,1-4H3,(H,13,17)/t7-,8+/m0/s1. The summed E-state index contributed by atoms with van der Waals surface area (Å²) in [6.07, 6.45) is -0.218. The summed E-state index contributed by atoms with van der Waals surface area (Å²) in [5.41, 5.74) is -0.553. The molecule has 0 bridgehead atoms. The number of hydrogen-bond acceptors (Lipinski definition) is 5. The molecule has 1 saturated heterocycles. The first-order chi connectivity index (χ1) is 8.76. The molecule has 2 heterocycles. The zero-order chi connectivity index (χ0) is 14.2. The molecule has 0 saturated carbocycles. The lowest BCUT2D eigenvalue weighted by atomic mass is 9.97. The Kier molecular flexibility index (Phi) is 3.38. The highest BCUT2D eigenvalue weighted by molar-refractivity contribution is 5.92. The monoisotopic (exact) mass is 269 g/mol. The molecule has 1 fully saturated rings. The van der Waals surface area contributed by atoms with Crippen LogP contribution >= 0.6 is 0 Å². The van der Waals surface area contributed by atoms with Crippen LogP contribution < -0.4 is 5.32 Å². The molecule has 0 aromatic carbocycles. The highest BCUT2D eigenvalue weighted by Gasteiger charge is 2.41. The second kappa shape index (κ2) is 4.71. The molecule has 7 nitrogen and oxygen atoms in total. The normalized spacial score (nSPS) is 26.4. The molecular formula is C12H19N3O4. The summed E-state index contributed by atoms with van der Waals surface area (Å²) >= 11 is 0. The van der Waals surface area contributed by atoms with Crippen LogP contribution in [0.2, 0.25) is 0 Å². The van der Waals surface area contributed by atoms with E-state index in [0.29, 0.717) is 12.5 Å². The number of carbonyl (C=O) groups excluding carboxylic acids is 2.